The summed E-state index contributed by atoms with van der Waals surface area (Å²) >= 11 is 0. The van der Waals surface area contributed by atoms with Gasteiger partial charge in [0.15, 0.2) is 0 Å². The van der Waals surface area contributed by atoms with E-state index >= 15 is 0 Å². The fourth-order valence-electron chi connectivity index (χ4n) is 2.32. The van der Waals surface area contributed by atoms with Gasteiger partial charge in [0.25, 0.3) is 5.91 Å². The second-order valence-electron chi connectivity index (χ2n) is 5.88. The van der Waals surface area contributed by atoms with Crippen molar-refractivity contribution in [3.05, 3.63) is 34.9 Å². The largest absolute Gasteiger partial charge is 0.384 e. The van der Waals surface area contributed by atoms with Gasteiger partial charge in [-0.25, -0.2) is 0 Å². The number of rotatable bonds is 4. The van der Waals surface area contributed by atoms with Gasteiger partial charge in [-0.3, -0.25) is 4.79 Å². The third kappa shape index (κ3) is 4.91. The molecule has 1 unspecified atom stereocenters. The molecule has 1 aromatic carbocycles. The van der Waals surface area contributed by atoms with Gasteiger partial charge in [0.05, 0.1) is 0 Å². The van der Waals surface area contributed by atoms with Gasteiger partial charge in [0, 0.05) is 24.2 Å². The molecule has 0 saturated carbocycles. The first kappa shape index (κ1) is 17.3. The molecule has 114 valence electrons. The summed E-state index contributed by atoms with van der Waals surface area (Å²) in [5.41, 5.74) is 2.48. The Morgan fingerprint density at radius 2 is 2.00 bits per heavy atom. The maximum atomic E-state index is 12.5. The van der Waals surface area contributed by atoms with E-state index in [9.17, 15) is 4.79 Å². The lowest BCUT2D eigenvalue weighted by atomic mass is 10.0. The average molecular weight is 287 g/mol. The number of aliphatic hydroxyl groups is 1. The maximum absolute atomic E-state index is 12.5. The molecule has 21 heavy (non-hydrogen) atoms. The van der Waals surface area contributed by atoms with E-state index in [1.54, 1.807) is 11.0 Å². The van der Waals surface area contributed by atoms with Crippen molar-refractivity contribution < 1.29 is 9.90 Å². The predicted octanol–water partition coefficient (Wildman–Crippen LogP) is 2.85. The number of hydrogen-bond acceptors (Lipinski definition) is 2. The Labute approximate surface area is 128 Å². The molecular formula is C18H25NO2. The Hall–Kier alpha value is -1.79. The molecular weight excluding hydrogens is 262 g/mol. The summed E-state index contributed by atoms with van der Waals surface area (Å²) in [6.07, 6.45) is 0.987. The number of nitrogens with zero attached hydrogens (tertiary/aromatic N) is 1. The standard InChI is InChI=1S/C18H25NO2/c1-13(2)11-15(4)19(5)18(21)17-9-8-16(7-6-10-20)14(3)12-17/h8-9,12-13,15,20H,10-11H2,1-5H3. The number of hydrogen-bond donors (Lipinski definition) is 1. The van der Waals surface area contributed by atoms with Crippen LogP contribution in [0.4, 0.5) is 0 Å². The third-order valence-electron chi connectivity index (χ3n) is 3.57. The maximum Gasteiger partial charge on any atom is 0.253 e. The summed E-state index contributed by atoms with van der Waals surface area (Å²) in [4.78, 5) is 14.3. The van der Waals surface area contributed by atoms with Crippen molar-refractivity contribution in [2.75, 3.05) is 13.7 Å². The highest BCUT2D eigenvalue weighted by atomic mass is 16.2. The zero-order valence-electron chi connectivity index (χ0n) is 13.6. The molecule has 0 saturated heterocycles. The van der Waals surface area contributed by atoms with E-state index in [-0.39, 0.29) is 18.6 Å². The second-order valence-corrected chi connectivity index (χ2v) is 5.88. The van der Waals surface area contributed by atoms with Crippen LogP contribution < -0.4 is 0 Å². The lowest BCUT2D eigenvalue weighted by molar-refractivity contribution is 0.0728. The molecule has 0 radical (unpaired) electrons. The van der Waals surface area contributed by atoms with E-state index < -0.39 is 0 Å². The van der Waals surface area contributed by atoms with Crippen LogP contribution >= 0.6 is 0 Å². The van der Waals surface area contributed by atoms with Gasteiger partial charge in [-0.05, 0) is 49.9 Å². The molecule has 3 heteroatoms. The van der Waals surface area contributed by atoms with Gasteiger partial charge < -0.3 is 10.0 Å². The normalized spacial score (nSPS) is 11.8. The molecule has 0 aliphatic carbocycles. The van der Waals surface area contributed by atoms with E-state index in [0.717, 1.165) is 17.5 Å². The van der Waals surface area contributed by atoms with Crippen LogP contribution in [0.5, 0.6) is 0 Å². The second kappa shape index (κ2) is 7.85. The lowest BCUT2D eigenvalue weighted by Gasteiger charge is -2.26. The molecule has 1 atom stereocenters. The van der Waals surface area contributed by atoms with E-state index in [0.29, 0.717) is 11.5 Å². The molecule has 1 aromatic rings. The first-order chi connectivity index (χ1) is 9.86. The Morgan fingerprint density at radius 1 is 1.33 bits per heavy atom. The van der Waals surface area contributed by atoms with Crippen molar-refractivity contribution >= 4 is 5.91 Å². The summed E-state index contributed by atoms with van der Waals surface area (Å²) < 4.78 is 0. The van der Waals surface area contributed by atoms with Crippen LogP contribution in [0.15, 0.2) is 18.2 Å². The summed E-state index contributed by atoms with van der Waals surface area (Å²) in [6.45, 7) is 8.16. The van der Waals surface area contributed by atoms with Crippen molar-refractivity contribution in [2.24, 2.45) is 5.92 Å². The van der Waals surface area contributed by atoms with Crippen molar-refractivity contribution in [3.63, 3.8) is 0 Å². The Balaban J connectivity index is 2.90. The van der Waals surface area contributed by atoms with Gasteiger partial charge in [-0.15, -0.1) is 0 Å². The minimum atomic E-state index is -0.157. The van der Waals surface area contributed by atoms with E-state index in [4.69, 9.17) is 5.11 Å². The number of aliphatic hydroxyl groups excluding tert-OH is 1. The molecule has 0 heterocycles. The number of benzene rings is 1. The van der Waals surface area contributed by atoms with E-state index in [1.165, 1.54) is 0 Å². The SMILES string of the molecule is Cc1cc(C(=O)N(C)C(C)CC(C)C)ccc1C#CCO. The molecule has 3 nitrogen and oxygen atoms in total. The molecule has 1 N–H and O–H groups in total. The van der Waals surface area contributed by atoms with Crippen LogP contribution in [-0.2, 0) is 0 Å². The van der Waals surface area contributed by atoms with Crippen molar-refractivity contribution in [2.45, 2.75) is 40.2 Å². The fraction of sp³-hybridized carbons (Fsp3) is 0.500. The fourth-order valence-corrected chi connectivity index (χ4v) is 2.32. The van der Waals surface area contributed by atoms with Crippen molar-refractivity contribution in [1.82, 2.24) is 4.90 Å². The quantitative estimate of drug-likeness (QED) is 0.865. The number of amides is 1. The van der Waals surface area contributed by atoms with E-state index in [1.807, 2.05) is 26.1 Å². The van der Waals surface area contributed by atoms with Crippen LogP contribution in [0.25, 0.3) is 0 Å². The van der Waals surface area contributed by atoms with E-state index in [2.05, 4.69) is 32.6 Å². The molecule has 0 fully saturated rings. The van der Waals surface area contributed by atoms with Gasteiger partial charge in [-0.2, -0.15) is 0 Å². The Morgan fingerprint density at radius 3 is 2.52 bits per heavy atom. The number of carbonyl (C=O) groups is 1. The monoisotopic (exact) mass is 287 g/mol. The van der Waals surface area contributed by atoms with Crippen LogP contribution in [0.3, 0.4) is 0 Å². The topological polar surface area (TPSA) is 40.5 Å². The summed E-state index contributed by atoms with van der Waals surface area (Å²) in [5, 5.41) is 8.73. The average Bonchev–Trinajstić information content (AvgIpc) is 2.43. The minimum absolute atomic E-state index is 0.0351. The summed E-state index contributed by atoms with van der Waals surface area (Å²) in [5.74, 6) is 6.11. The van der Waals surface area contributed by atoms with Crippen molar-refractivity contribution in [3.8, 4) is 11.8 Å². The third-order valence-corrected chi connectivity index (χ3v) is 3.57. The lowest BCUT2D eigenvalue weighted by Crippen LogP contribution is -2.35. The highest BCUT2D eigenvalue weighted by Gasteiger charge is 2.18. The smallest absolute Gasteiger partial charge is 0.253 e. The number of aryl methyl sites for hydroxylation is 1. The molecule has 0 spiro atoms. The molecule has 0 bridgehead atoms. The zero-order valence-corrected chi connectivity index (χ0v) is 13.6. The molecule has 1 rings (SSSR count). The molecule has 0 aliphatic rings. The zero-order chi connectivity index (χ0) is 16.0. The van der Waals surface area contributed by atoms with Gasteiger partial charge >= 0.3 is 0 Å². The first-order valence-electron chi connectivity index (χ1n) is 7.34. The molecule has 0 aliphatic heterocycles. The highest BCUT2D eigenvalue weighted by Crippen LogP contribution is 2.15. The van der Waals surface area contributed by atoms with Crippen LogP contribution in [0, 0.1) is 24.7 Å². The summed E-state index contributed by atoms with van der Waals surface area (Å²) in [6, 6.07) is 5.72. The molecule has 1 amide bonds. The van der Waals surface area contributed by atoms with Gasteiger partial charge in [0.2, 0.25) is 0 Å². The minimum Gasteiger partial charge on any atom is -0.384 e. The Kier molecular flexibility index (Phi) is 6.45. The van der Waals surface area contributed by atoms with Gasteiger partial charge in [-0.1, -0.05) is 25.7 Å². The predicted molar refractivity (Wildman–Crippen MR) is 86.2 cm³/mol. The van der Waals surface area contributed by atoms with Crippen LogP contribution in [-0.4, -0.2) is 35.6 Å². The van der Waals surface area contributed by atoms with Crippen LogP contribution in [0.2, 0.25) is 0 Å². The van der Waals surface area contributed by atoms with Crippen molar-refractivity contribution in [1.29, 1.82) is 0 Å². The first-order valence-corrected chi connectivity index (χ1v) is 7.34. The molecule has 0 aromatic heterocycles. The van der Waals surface area contributed by atoms with Crippen LogP contribution in [0.1, 0.15) is 48.7 Å². The summed E-state index contributed by atoms with van der Waals surface area (Å²) in [7, 11) is 1.85. The number of carbonyl (C=O) groups excluding carboxylic acids is 1. The Bertz CT molecular complexity index is 552. The van der Waals surface area contributed by atoms with Gasteiger partial charge in [0.1, 0.15) is 6.61 Å². The highest BCUT2D eigenvalue weighted by molar-refractivity contribution is 5.94.